The first kappa shape index (κ1) is 30.1. The molecule has 0 aromatic heterocycles. The number of carbonyl (C=O) groups is 3. The monoisotopic (exact) mass is 564 g/mol. The predicted octanol–water partition coefficient (Wildman–Crippen LogP) is 3.95. The first-order valence-electron chi connectivity index (χ1n) is 14.1. The molecule has 2 N–H and O–H groups in total. The molecule has 2 aromatic carbocycles. The SMILES string of the molecule is COc1cc2c(cc1OC)[C@H]1C[C@@H](OC(=O)/C=C/C(=O)NC(Cc3ccccc3)C(=O)O)[C@H](CC(C)C)CN1CC2. The van der Waals surface area contributed by atoms with Crippen molar-refractivity contribution >= 4 is 17.8 Å². The Labute approximate surface area is 241 Å². The van der Waals surface area contributed by atoms with E-state index >= 15 is 0 Å². The van der Waals surface area contributed by atoms with E-state index in [0.29, 0.717) is 23.8 Å². The maximum atomic E-state index is 12.9. The summed E-state index contributed by atoms with van der Waals surface area (Å²) in [7, 11) is 3.25. The van der Waals surface area contributed by atoms with Gasteiger partial charge in [0.15, 0.2) is 11.5 Å². The number of carboxylic acid groups (broad SMARTS) is 1. The topological polar surface area (TPSA) is 114 Å². The van der Waals surface area contributed by atoms with E-state index < -0.39 is 23.9 Å². The van der Waals surface area contributed by atoms with E-state index in [1.165, 1.54) is 5.56 Å². The van der Waals surface area contributed by atoms with Crippen LogP contribution in [0.15, 0.2) is 54.6 Å². The number of nitrogens with zero attached hydrogens (tertiary/aromatic N) is 1. The van der Waals surface area contributed by atoms with Crippen molar-refractivity contribution in [2.24, 2.45) is 11.8 Å². The number of hydrogen-bond acceptors (Lipinski definition) is 7. The molecule has 0 aliphatic carbocycles. The van der Waals surface area contributed by atoms with Crippen molar-refractivity contribution in [3.05, 3.63) is 71.3 Å². The Hall–Kier alpha value is -3.85. The van der Waals surface area contributed by atoms with Crippen LogP contribution in [0.4, 0.5) is 0 Å². The summed E-state index contributed by atoms with van der Waals surface area (Å²) in [5.74, 6) is -0.477. The molecule has 2 aromatic rings. The summed E-state index contributed by atoms with van der Waals surface area (Å²) < 4.78 is 17.0. The molecule has 220 valence electrons. The fourth-order valence-corrected chi connectivity index (χ4v) is 5.98. The Kier molecular flexibility index (Phi) is 10.0. The summed E-state index contributed by atoms with van der Waals surface area (Å²) in [4.78, 5) is 39.5. The van der Waals surface area contributed by atoms with Crippen LogP contribution in [0.25, 0.3) is 0 Å². The molecule has 41 heavy (non-hydrogen) atoms. The number of aliphatic carboxylic acids is 1. The molecule has 2 aliphatic rings. The second-order valence-corrected chi connectivity index (χ2v) is 11.2. The van der Waals surface area contributed by atoms with Crippen LogP contribution in [-0.4, -0.2) is 67.3 Å². The molecule has 1 saturated heterocycles. The van der Waals surface area contributed by atoms with E-state index in [1.54, 1.807) is 26.4 Å². The zero-order valence-corrected chi connectivity index (χ0v) is 24.2. The summed E-state index contributed by atoms with van der Waals surface area (Å²) in [6, 6.07) is 12.1. The molecule has 0 bridgehead atoms. The number of nitrogens with one attached hydrogen (secondary N) is 1. The molecule has 0 saturated carbocycles. The lowest BCUT2D eigenvalue weighted by molar-refractivity contribution is -0.151. The van der Waals surface area contributed by atoms with Gasteiger partial charge in [-0.1, -0.05) is 44.2 Å². The van der Waals surface area contributed by atoms with E-state index in [2.05, 4.69) is 24.1 Å². The summed E-state index contributed by atoms with van der Waals surface area (Å²) in [6.07, 6.45) is 4.37. The number of ether oxygens (including phenoxy) is 3. The first-order chi connectivity index (χ1) is 19.7. The Morgan fingerprint density at radius 3 is 2.44 bits per heavy atom. The summed E-state index contributed by atoms with van der Waals surface area (Å²) in [5.41, 5.74) is 3.15. The molecule has 4 rings (SSSR count). The van der Waals surface area contributed by atoms with Gasteiger partial charge in [0.2, 0.25) is 5.91 Å². The number of benzene rings is 2. The molecule has 0 spiro atoms. The number of amides is 1. The second kappa shape index (κ2) is 13.7. The van der Waals surface area contributed by atoms with Gasteiger partial charge in [0.05, 0.1) is 14.2 Å². The van der Waals surface area contributed by atoms with Crippen molar-refractivity contribution in [3.8, 4) is 11.5 Å². The fraction of sp³-hybridized carbons (Fsp3) is 0.469. The van der Waals surface area contributed by atoms with Crippen molar-refractivity contribution in [1.29, 1.82) is 0 Å². The van der Waals surface area contributed by atoms with Crippen LogP contribution in [0.1, 0.15) is 49.4 Å². The lowest BCUT2D eigenvalue weighted by Crippen LogP contribution is -2.49. The van der Waals surface area contributed by atoms with Crippen LogP contribution >= 0.6 is 0 Å². The van der Waals surface area contributed by atoms with Crippen LogP contribution in [-0.2, 0) is 32.0 Å². The van der Waals surface area contributed by atoms with Gasteiger partial charge in [0.25, 0.3) is 0 Å². The number of rotatable bonds is 11. The Morgan fingerprint density at radius 2 is 1.78 bits per heavy atom. The van der Waals surface area contributed by atoms with E-state index in [-0.39, 0.29) is 24.5 Å². The van der Waals surface area contributed by atoms with E-state index in [9.17, 15) is 19.5 Å². The van der Waals surface area contributed by atoms with Gasteiger partial charge in [-0.25, -0.2) is 9.59 Å². The number of methoxy groups -OCH3 is 2. The molecular weight excluding hydrogens is 524 g/mol. The van der Waals surface area contributed by atoms with E-state index in [0.717, 1.165) is 49.2 Å². The van der Waals surface area contributed by atoms with Gasteiger partial charge in [-0.3, -0.25) is 9.69 Å². The van der Waals surface area contributed by atoms with Gasteiger partial charge in [-0.15, -0.1) is 0 Å². The van der Waals surface area contributed by atoms with Crippen LogP contribution < -0.4 is 14.8 Å². The van der Waals surface area contributed by atoms with E-state index in [4.69, 9.17) is 14.2 Å². The van der Waals surface area contributed by atoms with Crippen LogP contribution in [0.3, 0.4) is 0 Å². The Bertz CT molecular complexity index is 1260. The molecule has 2 heterocycles. The zero-order valence-electron chi connectivity index (χ0n) is 24.2. The molecule has 9 nitrogen and oxygen atoms in total. The molecule has 0 radical (unpaired) electrons. The van der Waals surface area contributed by atoms with E-state index in [1.807, 2.05) is 30.3 Å². The van der Waals surface area contributed by atoms with Gasteiger partial charge in [-0.2, -0.15) is 0 Å². The van der Waals surface area contributed by atoms with Gasteiger partial charge in [-0.05, 0) is 47.6 Å². The lowest BCUT2D eigenvalue weighted by atomic mass is 9.79. The van der Waals surface area contributed by atoms with Crippen molar-refractivity contribution in [3.63, 3.8) is 0 Å². The standard InChI is InChI=1S/C32H40N2O7/c1-20(2)14-23-19-34-13-12-22-16-28(39-3)29(40-4)17-24(22)26(34)18-27(23)41-31(36)11-10-30(35)33-25(32(37)38)15-21-8-6-5-7-9-21/h5-11,16-17,20,23,25-27H,12-15,18-19H2,1-4H3,(H,33,35)(H,37,38)/b11-10+/t23-,25?,26-,27-/m1/s1. The average molecular weight is 565 g/mol. The van der Waals surface area contributed by atoms with Crippen molar-refractivity contribution in [2.45, 2.75) is 57.7 Å². The highest BCUT2D eigenvalue weighted by Crippen LogP contribution is 2.44. The van der Waals surface area contributed by atoms with Crippen molar-refractivity contribution in [2.75, 3.05) is 27.3 Å². The van der Waals surface area contributed by atoms with Gasteiger partial charge < -0.3 is 24.6 Å². The number of piperidine rings is 1. The van der Waals surface area contributed by atoms with Crippen LogP contribution in [0.2, 0.25) is 0 Å². The first-order valence-corrected chi connectivity index (χ1v) is 14.1. The highest BCUT2D eigenvalue weighted by molar-refractivity contribution is 5.96. The summed E-state index contributed by atoms with van der Waals surface area (Å²) >= 11 is 0. The van der Waals surface area contributed by atoms with Gasteiger partial charge in [0.1, 0.15) is 12.1 Å². The van der Waals surface area contributed by atoms with Crippen LogP contribution in [0.5, 0.6) is 11.5 Å². The number of hydrogen-bond donors (Lipinski definition) is 2. The third-order valence-corrected chi connectivity index (χ3v) is 7.87. The minimum atomic E-state index is -1.15. The number of carbonyl (C=O) groups excluding carboxylic acids is 2. The molecular formula is C32H40N2O7. The number of fused-ring (bicyclic) bond motifs is 3. The molecule has 4 atom stereocenters. The number of esters is 1. The highest BCUT2D eigenvalue weighted by Gasteiger charge is 2.41. The Morgan fingerprint density at radius 1 is 1.07 bits per heavy atom. The quantitative estimate of drug-likeness (QED) is 0.312. The second-order valence-electron chi connectivity index (χ2n) is 11.2. The lowest BCUT2D eigenvalue weighted by Gasteiger charge is -2.47. The van der Waals surface area contributed by atoms with Crippen molar-refractivity contribution in [1.82, 2.24) is 10.2 Å². The average Bonchev–Trinajstić information content (AvgIpc) is 2.95. The predicted molar refractivity (Wildman–Crippen MR) is 154 cm³/mol. The fourth-order valence-electron chi connectivity index (χ4n) is 5.98. The zero-order chi connectivity index (χ0) is 29.5. The molecule has 1 amide bonds. The largest absolute Gasteiger partial charge is 0.493 e. The maximum absolute atomic E-state index is 12.9. The minimum absolute atomic E-state index is 0.0707. The molecule has 9 heteroatoms. The minimum Gasteiger partial charge on any atom is -0.493 e. The third-order valence-electron chi connectivity index (χ3n) is 7.87. The van der Waals surface area contributed by atoms with Gasteiger partial charge in [0, 0.05) is 50.0 Å². The smallest absolute Gasteiger partial charge is 0.331 e. The molecule has 2 aliphatic heterocycles. The summed E-state index contributed by atoms with van der Waals surface area (Å²) in [5, 5.41) is 12.0. The molecule has 1 fully saturated rings. The van der Waals surface area contributed by atoms with Gasteiger partial charge >= 0.3 is 11.9 Å². The summed E-state index contributed by atoms with van der Waals surface area (Å²) in [6.45, 7) is 6.03. The number of carboxylic acids is 1. The third kappa shape index (κ3) is 7.67. The maximum Gasteiger partial charge on any atom is 0.331 e. The van der Waals surface area contributed by atoms with Crippen molar-refractivity contribution < 1.29 is 33.7 Å². The normalized spacial score (nSPS) is 21.0. The van der Waals surface area contributed by atoms with Crippen LogP contribution in [0, 0.1) is 11.8 Å². The molecule has 1 unspecified atom stereocenters. The Balaban J connectivity index is 1.44. The highest BCUT2D eigenvalue weighted by atomic mass is 16.5.